The summed E-state index contributed by atoms with van der Waals surface area (Å²) in [6.45, 7) is 6.25. The Bertz CT molecular complexity index is 223. The van der Waals surface area contributed by atoms with Crippen LogP contribution in [-0.4, -0.2) is 34.6 Å². The molecule has 0 bridgehead atoms. The van der Waals surface area contributed by atoms with Crippen molar-refractivity contribution >= 4 is 5.97 Å². The standard InChI is InChI=1S/C9H15NO2/c1-8(2)5-10(6-8)9(3-4-9)7(11)12/h3-6H2,1-2H3,(H,11,12). The second-order valence-electron chi connectivity index (χ2n) is 4.86. The molecule has 1 N–H and O–H groups in total. The predicted octanol–water partition coefficient (Wildman–Crippen LogP) is 0.945. The quantitative estimate of drug-likeness (QED) is 0.669. The Morgan fingerprint density at radius 3 is 2.08 bits per heavy atom. The summed E-state index contributed by atoms with van der Waals surface area (Å²) >= 11 is 0. The lowest BCUT2D eigenvalue weighted by Crippen LogP contribution is -2.60. The van der Waals surface area contributed by atoms with E-state index in [1.165, 1.54) is 0 Å². The maximum absolute atomic E-state index is 10.9. The van der Waals surface area contributed by atoms with E-state index in [4.69, 9.17) is 5.11 Å². The highest BCUT2D eigenvalue weighted by Crippen LogP contribution is 2.48. The zero-order valence-corrected chi connectivity index (χ0v) is 7.63. The van der Waals surface area contributed by atoms with E-state index in [9.17, 15) is 4.79 Å². The van der Waals surface area contributed by atoms with E-state index < -0.39 is 11.5 Å². The minimum atomic E-state index is -0.627. The molecular weight excluding hydrogens is 154 g/mol. The fraction of sp³-hybridized carbons (Fsp3) is 0.889. The van der Waals surface area contributed by atoms with Crippen LogP contribution in [0.4, 0.5) is 0 Å². The summed E-state index contributed by atoms with van der Waals surface area (Å²) in [6, 6.07) is 0. The highest BCUT2D eigenvalue weighted by atomic mass is 16.4. The third-order valence-corrected chi connectivity index (χ3v) is 2.96. The molecule has 1 aliphatic carbocycles. The van der Waals surface area contributed by atoms with Crippen LogP contribution in [-0.2, 0) is 4.79 Å². The first-order valence-electron chi connectivity index (χ1n) is 4.45. The summed E-state index contributed by atoms with van der Waals surface area (Å²) in [5.41, 5.74) is -0.111. The predicted molar refractivity (Wildman–Crippen MR) is 45.0 cm³/mol. The summed E-state index contributed by atoms with van der Waals surface area (Å²) < 4.78 is 0. The Balaban J connectivity index is 2.00. The zero-order chi connectivity index (χ0) is 8.98. The van der Waals surface area contributed by atoms with Crippen LogP contribution in [0.3, 0.4) is 0 Å². The molecule has 0 spiro atoms. The first-order valence-corrected chi connectivity index (χ1v) is 4.45. The van der Waals surface area contributed by atoms with Crippen molar-refractivity contribution in [2.75, 3.05) is 13.1 Å². The Hall–Kier alpha value is -0.570. The van der Waals surface area contributed by atoms with Gasteiger partial charge in [-0.3, -0.25) is 9.69 Å². The Morgan fingerprint density at radius 1 is 1.33 bits per heavy atom. The van der Waals surface area contributed by atoms with Crippen LogP contribution >= 0.6 is 0 Å². The summed E-state index contributed by atoms with van der Waals surface area (Å²) in [4.78, 5) is 13.0. The van der Waals surface area contributed by atoms with E-state index >= 15 is 0 Å². The molecule has 2 fully saturated rings. The lowest BCUT2D eigenvalue weighted by Gasteiger charge is -2.49. The highest BCUT2D eigenvalue weighted by Gasteiger charge is 2.59. The number of aliphatic carboxylic acids is 1. The molecule has 0 atom stereocenters. The monoisotopic (exact) mass is 169 g/mol. The van der Waals surface area contributed by atoms with Gasteiger partial charge in [0.25, 0.3) is 0 Å². The Kier molecular flexibility index (Phi) is 1.35. The second-order valence-corrected chi connectivity index (χ2v) is 4.86. The van der Waals surface area contributed by atoms with Crippen molar-refractivity contribution in [3.05, 3.63) is 0 Å². The van der Waals surface area contributed by atoms with Crippen molar-refractivity contribution in [3.8, 4) is 0 Å². The van der Waals surface area contributed by atoms with Gasteiger partial charge in [0.05, 0.1) is 0 Å². The molecular formula is C9H15NO2. The number of nitrogens with zero attached hydrogens (tertiary/aromatic N) is 1. The normalized spacial score (nSPS) is 30.8. The van der Waals surface area contributed by atoms with E-state index in [1.54, 1.807) is 0 Å². The molecule has 68 valence electrons. The van der Waals surface area contributed by atoms with Crippen LogP contribution in [0.2, 0.25) is 0 Å². The second kappa shape index (κ2) is 2.02. The largest absolute Gasteiger partial charge is 0.480 e. The van der Waals surface area contributed by atoms with Gasteiger partial charge in [-0.1, -0.05) is 13.8 Å². The molecule has 3 nitrogen and oxygen atoms in total. The number of rotatable bonds is 2. The van der Waals surface area contributed by atoms with Gasteiger partial charge in [-0.25, -0.2) is 0 Å². The smallest absolute Gasteiger partial charge is 0.324 e. The molecule has 1 aliphatic heterocycles. The number of carboxylic acids is 1. The van der Waals surface area contributed by atoms with Gasteiger partial charge < -0.3 is 5.11 Å². The molecule has 3 heteroatoms. The van der Waals surface area contributed by atoms with Crippen molar-refractivity contribution in [2.24, 2.45) is 5.41 Å². The average molecular weight is 169 g/mol. The van der Waals surface area contributed by atoms with Crippen LogP contribution in [0.25, 0.3) is 0 Å². The summed E-state index contributed by atoms with van der Waals surface area (Å²) in [5.74, 6) is -0.627. The molecule has 2 rings (SSSR count). The van der Waals surface area contributed by atoms with E-state index in [0.717, 1.165) is 25.9 Å². The number of carboxylic acid groups (broad SMARTS) is 1. The lowest BCUT2D eigenvalue weighted by atomic mass is 9.82. The Labute approximate surface area is 72.4 Å². The highest BCUT2D eigenvalue weighted by molar-refractivity contribution is 5.82. The number of hydrogen-bond acceptors (Lipinski definition) is 2. The first kappa shape index (κ1) is 8.05. The van der Waals surface area contributed by atoms with Crippen molar-refractivity contribution in [2.45, 2.75) is 32.2 Å². The fourth-order valence-electron chi connectivity index (χ4n) is 2.07. The average Bonchev–Trinajstić information content (AvgIpc) is 2.60. The molecule has 0 aromatic carbocycles. The van der Waals surface area contributed by atoms with E-state index in [0.29, 0.717) is 5.41 Å². The van der Waals surface area contributed by atoms with Gasteiger partial charge >= 0.3 is 5.97 Å². The van der Waals surface area contributed by atoms with E-state index in [-0.39, 0.29) is 0 Å². The zero-order valence-electron chi connectivity index (χ0n) is 7.63. The first-order chi connectivity index (χ1) is 5.46. The van der Waals surface area contributed by atoms with Gasteiger partial charge in [0.1, 0.15) is 5.54 Å². The van der Waals surface area contributed by atoms with Gasteiger partial charge in [-0.2, -0.15) is 0 Å². The molecule has 0 aromatic heterocycles. The number of hydrogen-bond donors (Lipinski definition) is 1. The van der Waals surface area contributed by atoms with Crippen molar-refractivity contribution in [1.82, 2.24) is 4.90 Å². The van der Waals surface area contributed by atoms with Gasteiger partial charge in [-0.05, 0) is 18.3 Å². The SMILES string of the molecule is CC1(C)CN(C2(C(=O)O)CC2)C1. The summed E-state index contributed by atoms with van der Waals surface area (Å²) in [6.07, 6.45) is 1.69. The maximum atomic E-state index is 10.9. The Morgan fingerprint density at radius 2 is 1.83 bits per heavy atom. The molecule has 1 heterocycles. The third-order valence-electron chi connectivity index (χ3n) is 2.96. The molecule has 0 unspecified atom stereocenters. The lowest BCUT2D eigenvalue weighted by molar-refractivity contribution is -0.151. The molecule has 2 aliphatic rings. The molecule has 0 radical (unpaired) electrons. The van der Waals surface area contributed by atoms with Crippen LogP contribution in [0.5, 0.6) is 0 Å². The van der Waals surface area contributed by atoms with Crippen molar-refractivity contribution < 1.29 is 9.90 Å². The molecule has 0 amide bonds. The number of likely N-dealkylation sites (tertiary alicyclic amines) is 1. The van der Waals surface area contributed by atoms with Gasteiger partial charge in [-0.15, -0.1) is 0 Å². The summed E-state index contributed by atoms with van der Waals surface area (Å²) in [7, 11) is 0. The third kappa shape index (κ3) is 0.959. The van der Waals surface area contributed by atoms with E-state index in [1.807, 2.05) is 0 Å². The molecule has 1 saturated carbocycles. The minimum absolute atomic E-state index is 0.338. The van der Waals surface area contributed by atoms with E-state index in [2.05, 4.69) is 18.7 Å². The maximum Gasteiger partial charge on any atom is 0.324 e. The van der Waals surface area contributed by atoms with Crippen molar-refractivity contribution in [1.29, 1.82) is 0 Å². The van der Waals surface area contributed by atoms with Gasteiger partial charge in [0.2, 0.25) is 0 Å². The van der Waals surface area contributed by atoms with Gasteiger partial charge in [0, 0.05) is 13.1 Å². The van der Waals surface area contributed by atoms with Crippen LogP contribution in [0, 0.1) is 5.41 Å². The molecule has 12 heavy (non-hydrogen) atoms. The molecule has 1 saturated heterocycles. The minimum Gasteiger partial charge on any atom is -0.480 e. The summed E-state index contributed by atoms with van der Waals surface area (Å²) in [5, 5.41) is 8.97. The van der Waals surface area contributed by atoms with Crippen LogP contribution < -0.4 is 0 Å². The fourth-order valence-corrected chi connectivity index (χ4v) is 2.07. The van der Waals surface area contributed by atoms with Gasteiger partial charge in [0.15, 0.2) is 0 Å². The van der Waals surface area contributed by atoms with Crippen LogP contribution in [0.15, 0.2) is 0 Å². The topological polar surface area (TPSA) is 40.5 Å². The molecule has 0 aromatic rings. The van der Waals surface area contributed by atoms with Crippen molar-refractivity contribution in [3.63, 3.8) is 0 Å². The number of carbonyl (C=O) groups is 1. The van der Waals surface area contributed by atoms with Crippen LogP contribution in [0.1, 0.15) is 26.7 Å².